The number of piperazine rings is 1. The number of benzene rings is 1. The fourth-order valence-corrected chi connectivity index (χ4v) is 3.41. The van der Waals surface area contributed by atoms with Crippen LogP contribution in [-0.4, -0.2) is 70.5 Å². The van der Waals surface area contributed by atoms with E-state index in [9.17, 15) is 9.59 Å². The molecule has 0 saturated carbocycles. The van der Waals surface area contributed by atoms with Crippen molar-refractivity contribution in [3.8, 4) is 0 Å². The molecule has 1 aromatic carbocycles. The number of nitrogens with zero attached hydrogens (tertiary/aromatic N) is 2. The molecule has 1 heterocycles. The third kappa shape index (κ3) is 10.1. The maximum absolute atomic E-state index is 12.5. The summed E-state index contributed by atoms with van der Waals surface area (Å²) in [5, 5.41) is 9.03. The molecule has 30 heavy (non-hydrogen) atoms. The van der Waals surface area contributed by atoms with Gasteiger partial charge < -0.3 is 21.0 Å². The molecule has 0 bridgehead atoms. The van der Waals surface area contributed by atoms with Crippen molar-refractivity contribution in [1.29, 1.82) is 0 Å². The summed E-state index contributed by atoms with van der Waals surface area (Å²) in [5.74, 6) is -0.660. The average Bonchev–Trinajstić information content (AvgIpc) is 2.61. The minimum atomic E-state index is -0.901. The van der Waals surface area contributed by atoms with E-state index in [2.05, 4.69) is 25.7 Å². The van der Waals surface area contributed by atoms with Gasteiger partial charge in [0.25, 0.3) is 0 Å². The van der Waals surface area contributed by atoms with Crippen LogP contribution in [0.4, 0.5) is 0 Å². The molecule has 4 N–H and O–H groups in total. The Bertz CT molecular complexity index is 668. The van der Waals surface area contributed by atoms with Gasteiger partial charge in [0.05, 0.1) is 5.56 Å². The van der Waals surface area contributed by atoms with E-state index in [1.807, 2.05) is 17.9 Å². The van der Waals surface area contributed by atoms with Crippen LogP contribution in [0.15, 0.2) is 18.2 Å². The number of carboxylic acids is 1. The van der Waals surface area contributed by atoms with Gasteiger partial charge in [-0.3, -0.25) is 9.69 Å². The van der Waals surface area contributed by atoms with Crippen LogP contribution in [0.25, 0.3) is 0 Å². The van der Waals surface area contributed by atoms with Gasteiger partial charge in [-0.05, 0) is 61.4 Å². The normalized spacial score (nSPS) is 14.2. The van der Waals surface area contributed by atoms with E-state index in [1.165, 1.54) is 6.42 Å². The van der Waals surface area contributed by atoms with Gasteiger partial charge in [0.15, 0.2) is 0 Å². The molecule has 166 valence electrons. The summed E-state index contributed by atoms with van der Waals surface area (Å²) < 4.78 is 0. The predicted octanol–water partition coefficient (Wildman–Crippen LogP) is -0.401. The van der Waals surface area contributed by atoms with Gasteiger partial charge in [-0.25, -0.2) is 4.79 Å². The third-order valence-corrected chi connectivity index (χ3v) is 5.33. The van der Waals surface area contributed by atoms with Crippen LogP contribution in [0.3, 0.4) is 0 Å². The van der Waals surface area contributed by atoms with Crippen LogP contribution in [0.1, 0.15) is 61.5 Å². The van der Waals surface area contributed by atoms with Crippen LogP contribution >= 0.6 is 0 Å². The van der Waals surface area contributed by atoms with Gasteiger partial charge in [-0.15, -0.1) is 0 Å². The minimum Gasteiger partial charge on any atom is -0.870 e. The Kier molecular flexibility index (Phi) is 14.2. The van der Waals surface area contributed by atoms with Crippen LogP contribution in [0, 0.1) is 12.3 Å². The number of aromatic carboxylic acids is 1. The second-order valence-electron chi connectivity index (χ2n) is 8.83. The van der Waals surface area contributed by atoms with E-state index >= 15 is 0 Å². The standard InChI is InChI=1S/C22H34N2O3.Li.2H2O/c1-17-16-19(21(26)27)9-8-18(17)6-5-7-20(25)24-14-12-23(13-15-24)11-10-22(2,3)4;;;/h8-9,16H,5-7,10-15H2,1-4H3,(H,26,27);;2*1H2/q;+1;;/p-1. The number of carboxylic acid groups (broad SMARTS) is 1. The van der Waals surface area contributed by atoms with Crippen molar-refractivity contribution >= 4 is 11.9 Å². The van der Waals surface area contributed by atoms with E-state index in [1.54, 1.807) is 12.1 Å². The fraction of sp³-hybridized carbons (Fsp3) is 0.636. The van der Waals surface area contributed by atoms with E-state index in [4.69, 9.17) is 5.11 Å². The van der Waals surface area contributed by atoms with E-state index < -0.39 is 5.97 Å². The van der Waals surface area contributed by atoms with Crippen LogP contribution in [-0.2, 0) is 11.2 Å². The SMILES string of the molecule is Cc1cc(C(=O)O)ccc1CCCC(=O)N1CCN(CCC(C)(C)C)CC1.O.[Li+].[OH-]. The van der Waals surface area contributed by atoms with Crippen molar-refractivity contribution in [2.24, 2.45) is 5.41 Å². The Hall–Kier alpha value is -1.36. The van der Waals surface area contributed by atoms with Crippen molar-refractivity contribution in [2.45, 2.75) is 53.4 Å². The Morgan fingerprint density at radius 2 is 1.70 bits per heavy atom. The van der Waals surface area contributed by atoms with Crippen molar-refractivity contribution in [2.75, 3.05) is 32.7 Å². The maximum atomic E-state index is 12.5. The van der Waals surface area contributed by atoms with E-state index in [-0.39, 0.29) is 35.7 Å². The first-order valence-corrected chi connectivity index (χ1v) is 9.99. The second kappa shape index (κ2) is 13.8. The van der Waals surface area contributed by atoms with Crippen molar-refractivity contribution < 1.29 is 44.5 Å². The molecular formula is C22H37LiN2O5. The molecule has 1 aliphatic heterocycles. The number of rotatable bonds is 7. The van der Waals surface area contributed by atoms with Crippen molar-refractivity contribution in [3.05, 3.63) is 34.9 Å². The molecule has 1 fully saturated rings. The molecule has 0 unspecified atom stereocenters. The Balaban J connectivity index is 0. The molecule has 1 saturated heterocycles. The van der Waals surface area contributed by atoms with Crippen molar-refractivity contribution in [3.63, 3.8) is 0 Å². The van der Waals surface area contributed by atoms with Gasteiger partial charge in [-0.1, -0.05) is 26.8 Å². The maximum Gasteiger partial charge on any atom is 1.00 e. The monoisotopic (exact) mass is 416 g/mol. The number of hydrogen-bond donors (Lipinski definition) is 1. The Labute approximate surface area is 192 Å². The van der Waals surface area contributed by atoms with E-state index in [0.29, 0.717) is 17.4 Å². The topological polar surface area (TPSA) is 122 Å². The summed E-state index contributed by atoms with van der Waals surface area (Å²) >= 11 is 0. The molecule has 1 aromatic rings. The van der Waals surface area contributed by atoms with E-state index in [0.717, 1.165) is 56.7 Å². The summed E-state index contributed by atoms with van der Waals surface area (Å²) in [4.78, 5) is 27.9. The first-order chi connectivity index (χ1) is 12.7. The number of carbonyl (C=O) groups is 2. The average molecular weight is 416 g/mol. The molecule has 0 aliphatic carbocycles. The Morgan fingerprint density at radius 3 is 2.20 bits per heavy atom. The first kappa shape index (κ1) is 30.8. The van der Waals surface area contributed by atoms with Gasteiger partial charge in [0.1, 0.15) is 0 Å². The third-order valence-electron chi connectivity index (χ3n) is 5.33. The van der Waals surface area contributed by atoms with Crippen molar-refractivity contribution in [1.82, 2.24) is 9.80 Å². The molecule has 8 heteroatoms. The molecule has 0 spiro atoms. The fourth-order valence-electron chi connectivity index (χ4n) is 3.41. The zero-order chi connectivity index (χ0) is 20.0. The molecule has 1 aliphatic rings. The summed E-state index contributed by atoms with van der Waals surface area (Å²) in [6.07, 6.45) is 3.35. The largest absolute Gasteiger partial charge is 1.00 e. The zero-order valence-electron chi connectivity index (χ0n) is 19.2. The molecule has 0 radical (unpaired) electrons. The molecule has 1 amide bonds. The number of hydrogen-bond acceptors (Lipinski definition) is 4. The minimum absolute atomic E-state index is 0. The number of carbonyl (C=O) groups excluding carboxylic acids is 1. The summed E-state index contributed by atoms with van der Waals surface area (Å²) in [5.41, 5.74) is 2.78. The quantitative estimate of drug-likeness (QED) is 0.606. The second-order valence-corrected chi connectivity index (χ2v) is 8.83. The summed E-state index contributed by atoms with van der Waals surface area (Å²) in [7, 11) is 0. The molecule has 2 rings (SSSR count). The molecule has 0 aromatic heterocycles. The van der Waals surface area contributed by atoms with Crippen LogP contribution in [0.2, 0.25) is 0 Å². The van der Waals surface area contributed by atoms with Gasteiger partial charge in [0, 0.05) is 32.6 Å². The number of amides is 1. The van der Waals surface area contributed by atoms with Gasteiger partial charge >= 0.3 is 24.8 Å². The van der Waals surface area contributed by atoms with Gasteiger partial charge in [-0.2, -0.15) is 0 Å². The smallest absolute Gasteiger partial charge is 0.870 e. The zero-order valence-corrected chi connectivity index (χ0v) is 19.2. The van der Waals surface area contributed by atoms with Gasteiger partial charge in [0.2, 0.25) is 5.91 Å². The molecule has 0 atom stereocenters. The molecular weight excluding hydrogens is 379 g/mol. The number of aryl methyl sites for hydroxylation is 2. The van der Waals surface area contributed by atoms with Crippen LogP contribution < -0.4 is 18.9 Å². The predicted molar refractivity (Wildman–Crippen MR) is 114 cm³/mol. The molecule has 7 nitrogen and oxygen atoms in total. The summed E-state index contributed by atoms with van der Waals surface area (Å²) in [6.45, 7) is 13.4. The summed E-state index contributed by atoms with van der Waals surface area (Å²) in [6, 6.07) is 5.22. The first-order valence-electron chi connectivity index (χ1n) is 9.99. The Morgan fingerprint density at radius 1 is 1.10 bits per heavy atom. The van der Waals surface area contributed by atoms with Crippen LogP contribution in [0.5, 0.6) is 0 Å².